The van der Waals surface area contributed by atoms with Crippen molar-refractivity contribution in [1.29, 1.82) is 0 Å². The molecule has 4 aromatic heterocycles. The molecular weight excluding hydrogens is 574 g/mol. The Hall–Kier alpha value is -5.36. The second kappa shape index (κ2) is 10.7. The summed E-state index contributed by atoms with van der Waals surface area (Å²) in [7, 11) is 1.56. The SMILES string of the molecule is CNC(=O)Nc1nc2c(s1)CC(c1nn(Cc3cc4cccc(C)c4c(=O)n3-c3ccccc3C)c3ncnc(N)c13)C=C2. The van der Waals surface area contributed by atoms with Crippen LogP contribution in [0.3, 0.4) is 0 Å². The van der Waals surface area contributed by atoms with E-state index in [1.807, 2.05) is 73.1 Å². The van der Waals surface area contributed by atoms with E-state index < -0.39 is 0 Å². The molecule has 2 aromatic carbocycles. The third-order valence-corrected chi connectivity index (χ3v) is 9.01. The van der Waals surface area contributed by atoms with Crippen LogP contribution in [0.15, 0.2) is 65.7 Å². The van der Waals surface area contributed by atoms with Crippen LogP contribution in [0.25, 0.3) is 33.6 Å². The fraction of sp³-hybridized carbons (Fsp3) is 0.188. The molecule has 4 N–H and O–H groups in total. The van der Waals surface area contributed by atoms with Crippen molar-refractivity contribution in [3.05, 3.63) is 104 Å². The van der Waals surface area contributed by atoms with Gasteiger partial charge < -0.3 is 11.1 Å². The minimum Gasteiger partial charge on any atom is -0.383 e. The zero-order valence-corrected chi connectivity index (χ0v) is 25.1. The van der Waals surface area contributed by atoms with Crippen LogP contribution < -0.4 is 21.9 Å². The Kier molecular flexibility index (Phi) is 6.70. The van der Waals surface area contributed by atoms with Crippen LogP contribution in [0.1, 0.15) is 39.0 Å². The maximum absolute atomic E-state index is 14.1. The van der Waals surface area contributed by atoms with Crippen LogP contribution in [0.4, 0.5) is 15.7 Å². The van der Waals surface area contributed by atoms with Crippen molar-refractivity contribution >= 4 is 56.2 Å². The molecule has 1 aliphatic carbocycles. The summed E-state index contributed by atoms with van der Waals surface area (Å²) >= 11 is 1.43. The van der Waals surface area contributed by atoms with Crippen LogP contribution in [0, 0.1) is 13.8 Å². The Labute approximate surface area is 256 Å². The molecule has 1 unspecified atom stereocenters. The Morgan fingerprint density at radius 2 is 1.91 bits per heavy atom. The van der Waals surface area contributed by atoms with E-state index in [1.165, 1.54) is 17.7 Å². The first kappa shape index (κ1) is 27.5. The number of hydrogen-bond acceptors (Lipinski definition) is 8. The summed E-state index contributed by atoms with van der Waals surface area (Å²) in [4.78, 5) is 40.4. The number of aryl methyl sites for hydroxylation is 2. The molecule has 0 saturated carbocycles. The number of hydrogen-bond donors (Lipinski definition) is 3. The lowest BCUT2D eigenvalue weighted by Gasteiger charge is -2.18. The first-order valence-corrected chi connectivity index (χ1v) is 15.0. The number of fused-ring (bicyclic) bond motifs is 3. The number of nitrogens with two attached hydrogens (primary N) is 1. The molecular formula is C32H29N9O2S. The summed E-state index contributed by atoms with van der Waals surface area (Å²) in [5, 5.41) is 13.1. The van der Waals surface area contributed by atoms with E-state index in [1.54, 1.807) is 11.6 Å². The number of benzene rings is 2. The lowest BCUT2D eigenvalue weighted by molar-refractivity contribution is 0.254. The number of pyridine rings is 1. The average Bonchev–Trinajstić information content (AvgIpc) is 3.59. The number of thiazole rings is 1. The van der Waals surface area contributed by atoms with Crippen LogP contribution >= 0.6 is 11.3 Å². The van der Waals surface area contributed by atoms with Gasteiger partial charge in [-0.25, -0.2) is 24.4 Å². The molecule has 4 heterocycles. The third-order valence-electron chi connectivity index (χ3n) is 8.00. The molecule has 220 valence electrons. The molecule has 0 fully saturated rings. The summed E-state index contributed by atoms with van der Waals surface area (Å²) < 4.78 is 3.59. The number of rotatable bonds is 5. The molecule has 0 spiro atoms. The van der Waals surface area contributed by atoms with Gasteiger partial charge in [0.2, 0.25) is 0 Å². The number of aromatic nitrogens is 6. The summed E-state index contributed by atoms with van der Waals surface area (Å²) in [6, 6.07) is 15.5. The summed E-state index contributed by atoms with van der Waals surface area (Å²) in [5.41, 5.74) is 12.0. The highest BCUT2D eigenvalue weighted by atomic mass is 32.1. The number of carbonyl (C=O) groups is 1. The first-order chi connectivity index (χ1) is 21.3. The zero-order valence-electron chi connectivity index (χ0n) is 24.3. The van der Waals surface area contributed by atoms with Gasteiger partial charge in [-0.3, -0.25) is 14.7 Å². The number of anilines is 2. The van der Waals surface area contributed by atoms with E-state index in [9.17, 15) is 9.59 Å². The van der Waals surface area contributed by atoms with Gasteiger partial charge >= 0.3 is 6.03 Å². The first-order valence-electron chi connectivity index (χ1n) is 14.2. The van der Waals surface area contributed by atoms with Gasteiger partial charge in [-0.2, -0.15) is 5.10 Å². The number of amides is 2. The van der Waals surface area contributed by atoms with Gasteiger partial charge in [0, 0.05) is 23.5 Å². The van der Waals surface area contributed by atoms with Crippen molar-refractivity contribution in [2.75, 3.05) is 18.1 Å². The van der Waals surface area contributed by atoms with Crippen LogP contribution in [-0.2, 0) is 13.0 Å². The monoisotopic (exact) mass is 603 g/mol. The summed E-state index contributed by atoms with van der Waals surface area (Å²) in [5.74, 6) is 0.220. The maximum Gasteiger partial charge on any atom is 0.320 e. The normalized spacial score (nSPS) is 14.2. The zero-order chi connectivity index (χ0) is 30.5. The smallest absolute Gasteiger partial charge is 0.320 e. The largest absolute Gasteiger partial charge is 0.383 e. The highest BCUT2D eigenvalue weighted by molar-refractivity contribution is 7.16. The quantitative estimate of drug-likeness (QED) is 0.253. The van der Waals surface area contributed by atoms with Crippen molar-refractivity contribution in [2.45, 2.75) is 32.7 Å². The number of nitrogens with zero attached hydrogens (tertiary/aromatic N) is 6. The van der Waals surface area contributed by atoms with Crippen LogP contribution in [0.2, 0.25) is 0 Å². The van der Waals surface area contributed by atoms with Gasteiger partial charge in [-0.05, 0) is 55.0 Å². The lowest BCUT2D eigenvalue weighted by atomic mass is 9.93. The number of allylic oxidation sites excluding steroid dienone is 1. The number of urea groups is 1. The van der Waals surface area contributed by atoms with Crippen molar-refractivity contribution in [1.82, 2.24) is 34.6 Å². The Bertz CT molecular complexity index is 2190. The van der Waals surface area contributed by atoms with E-state index in [2.05, 4.69) is 31.7 Å². The Morgan fingerprint density at radius 1 is 1.09 bits per heavy atom. The van der Waals surface area contributed by atoms with Crippen LogP contribution in [0.5, 0.6) is 0 Å². The van der Waals surface area contributed by atoms with E-state index in [0.29, 0.717) is 33.8 Å². The van der Waals surface area contributed by atoms with Gasteiger partial charge in [-0.1, -0.05) is 42.5 Å². The second-order valence-electron chi connectivity index (χ2n) is 10.8. The van der Waals surface area contributed by atoms with Crippen molar-refractivity contribution < 1.29 is 4.79 Å². The molecule has 0 bridgehead atoms. The fourth-order valence-corrected chi connectivity index (χ4v) is 6.88. The minimum absolute atomic E-state index is 0.0789. The van der Waals surface area contributed by atoms with Gasteiger partial charge in [0.05, 0.1) is 34.4 Å². The molecule has 44 heavy (non-hydrogen) atoms. The van der Waals surface area contributed by atoms with Gasteiger partial charge in [0.15, 0.2) is 10.8 Å². The number of nitrogens with one attached hydrogen (secondary N) is 2. The second-order valence-corrected chi connectivity index (χ2v) is 11.9. The molecule has 1 aliphatic rings. The van der Waals surface area contributed by atoms with E-state index in [-0.39, 0.29) is 24.1 Å². The van der Waals surface area contributed by atoms with E-state index in [0.717, 1.165) is 44.2 Å². The van der Waals surface area contributed by atoms with Gasteiger partial charge in [-0.15, -0.1) is 11.3 Å². The average molecular weight is 604 g/mol. The molecule has 2 amide bonds. The highest BCUT2D eigenvalue weighted by Gasteiger charge is 2.27. The van der Waals surface area contributed by atoms with Gasteiger partial charge in [0.25, 0.3) is 5.56 Å². The Morgan fingerprint density at radius 3 is 2.73 bits per heavy atom. The van der Waals surface area contributed by atoms with Gasteiger partial charge in [0.1, 0.15) is 12.1 Å². The molecule has 0 aliphatic heterocycles. The molecule has 1 atom stereocenters. The maximum atomic E-state index is 14.1. The highest BCUT2D eigenvalue weighted by Crippen LogP contribution is 2.38. The third kappa shape index (κ3) is 4.60. The number of para-hydroxylation sites is 1. The Balaban J connectivity index is 1.35. The van der Waals surface area contributed by atoms with E-state index in [4.69, 9.17) is 10.8 Å². The predicted octanol–water partition coefficient (Wildman–Crippen LogP) is 4.94. The number of nitrogen functional groups attached to an aromatic ring is 1. The molecule has 0 saturated heterocycles. The van der Waals surface area contributed by atoms with Crippen molar-refractivity contribution in [2.24, 2.45) is 0 Å². The molecule has 7 rings (SSSR count). The van der Waals surface area contributed by atoms with Crippen LogP contribution in [-0.4, -0.2) is 42.4 Å². The fourth-order valence-electron chi connectivity index (χ4n) is 5.88. The van der Waals surface area contributed by atoms with Crippen molar-refractivity contribution in [3.8, 4) is 5.69 Å². The lowest BCUT2D eigenvalue weighted by Crippen LogP contribution is -2.25. The topological polar surface area (TPSA) is 146 Å². The molecule has 11 nitrogen and oxygen atoms in total. The molecule has 6 aromatic rings. The number of carbonyl (C=O) groups excluding carboxylic acids is 1. The van der Waals surface area contributed by atoms with Crippen molar-refractivity contribution in [3.63, 3.8) is 0 Å². The molecule has 12 heteroatoms. The standard InChI is InChI=1S/C32H29N9O2S/c1-17-7-4-5-10-23(17)41-21(13-19-9-6-8-18(2)25(19)30(41)42)15-40-29-26(28(33)35-16-36-29)27(39-40)20-11-12-22-24(14-20)44-32(37-22)38-31(43)34-3/h4-13,16,20H,14-15H2,1-3H3,(H2,33,35,36)(H2,34,37,38,43). The predicted molar refractivity (Wildman–Crippen MR) is 174 cm³/mol. The summed E-state index contributed by atoms with van der Waals surface area (Å²) in [6.07, 6.45) is 6.06. The summed E-state index contributed by atoms with van der Waals surface area (Å²) in [6.45, 7) is 4.24. The minimum atomic E-state index is -0.320. The van der Waals surface area contributed by atoms with E-state index >= 15 is 0 Å². The molecule has 0 radical (unpaired) electrons.